The van der Waals surface area contributed by atoms with Crippen LogP contribution in [0.25, 0.3) is 22.6 Å². The Morgan fingerprint density at radius 2 is 2.31 bits per heavy atom. The van der Waals surface area contributed by atoms with E-state index in [1.54, 1.807) is 24.5 Å². The van der Waals surface area contributed by atoms with Gasteiger partial charge >= 0.3 is 0 Å². The molecule has 7 heteroatoms. The molecule has 3 heterocycles. The molecule has 4 rings (SSSR count). The Balaban J connectivity index is 1.71. The van der Waals surface area contributed by atoms with Gasteiger partial charge in [-0.2, -0.15) is 0 Å². The Kier molecular flexibility index (Phi) is 4.46. The summed E-state index contributed by atoms with van der Waals surface area (Å²) >= 11 is 0. The van der Waals surface area contributed by atoms with Gasteiger partial charge in [-0.3, -0.25) is 4.79 Å². The molecule has 136 valence electrons. The SMILES string of the molecule is CCCc1noc2nc(-c3ccco3)cc(C(=O)NCC(N)C3CC3)c12. The zero-order chi connectivity index (χ0) is 18.1. The Morgan fingerprint density at radius 3 is 3.00 bits per heavy atom. The highest BCUT2D eigenvalue weighted by molar-refractivity contribution is 6.07. The van der Waals surface area contributed by atoms with Gasteiger partial charge in [-0.1, -0.05) is 18.5 Å². The number of furan rings is 1. The van der Waals surface area contributed by atoms with E-state index in [1.807, 2.05) is 0 Å². The maximum Gasteiger partial charge on any atom is 0.259 e. The molecule has 0 radical (unpaired) electrons. The van der Waals surface area contributed by atoms with Gasteiger partial charge in [0, 0.05) is 12.6 Å². The number of amides is 1. The normalized spacial score (nSPS) is 15.3. The molecule has 1 saturated carbocycles. The average Bonchev–Trinajstić information content (AvgIpc) is 3.20. The van der Waals surface area contributed by atoms with Crippen LogP contribution in [0.15, 0.2) is 33.4 Å². The highest BCUT2D eigenvalue weighted by Crippen LogP contribution is 2.31. The van der Waals surface area contributed by atoms with Crippen molar-refractivity contribution >= 4 is 17.0 Å². The van der Waals surface area contributed by atoms with E-state index in [0.717, 1.165) is 31.4 Å². The Morgan fingerprint density at radius 1 is 1.46 bits per heavy atom. The van der Waals surface area contributed by atoms with Crippen LogP contribution in [-0.2, 0) is 6.42 Å². The maximum atomic E-state index is 12.9. The fourth-order valence-electron chi connectivity index (χ4n) is 3.14. The maximum absolute atomic E-state index is 12.9. The molecule has 26 heavy (non-hydrogen) atoms. The molecular formula is C19H22N4O3. The number of nitrogens with zero attached hydrogens (tertiary/aromatic N) is 2. The molecule has 0 aliphatic heterocycles. The molecule has 1 fully saturated rings. The highest BCUT2D eigenvalue weighted by atomic mass is 16.5. The summed E-state index contributed by atoms with van der Waals surface area (Å²) in [6, 6.07) is 5.30. The third kappa shape index (κ3) is 3.22. The predicted octanol–water partition coefficient (Wildman–Crippen LogP) is 2.90. The molecule has 0 saturated heterocycles. The number of aryl methyl sites for hydroxylation is 1. The van der Waals surface area contributed by atoms with Crippen LogP contribution in [-0.4, -0.2) is 28.6 Å². The van der Waals surface area contributed by atoms with E-state index in [2.05, 4.69) is 22.4 Å². The van der Waals surface area contributed by atoms with Gasteiger partial charge in [0.05, 0.1) is 22.9 Å². The zero-order valence-electron chi connectivity index (χ0n) is 14.7. The van der Waals surface area contributed by atoms with Crippen LogP contribution in [0.1, 0.15) is 42.2 Å². The van der Waals surface area contributed by atoms with E-state index in [1.165, 1.54) is 0 Å². The fourth-order valence-corrected chi connectivity index (χ4v) is 3.14. The lowest BCUT2D eigenvalue weighted by molar-refractivity contribution is 0.0952. The summed E-state index contributed by atoms with van der Waals surface area (Å²) in [5.41, 5.74) is 8.24. The van der Waals surface area contributed by atoms with Gasteiger partial charge in [0.15, 0.2) is 5.76 Å². The Labute approximate surface area is 150 Å². The van der Waals surface area contributed by atoms with Gasteiger partial charge in [0.1, 0.15) is 5.69 Å². The van der Waals surface area contributed by atoms with Gasteiger partial charge in [-0.05, 0) is 43.4 Å². The van der Waals surface area contributed by atoms with Crippen molar-refractivity contribution in [2.45, 2.75) is 38.6 Å². The third-order valence-electron chi connectivity index (χ3n) is 4.75. The quantitative estimate of drug-likeness (QED) is 0.675. The minimum atomic E-state index is -0.193. The number of fused-ring (bicyclic) bond motifs is 1. The van der Waals surface area contributed by atoms with Gasteiger partial charge in [0.25, 0.3) is 11.6 Å². The van der Waals surface area contributed by atoms with E-state index >= 15 is 0 Å². The molecule has 3 aromatic heterocycles. The first-order valence-electron chi connectivity index (χ1n) is 9.04. The van der Waals surface area contributed by atoms with Crippen molar-refractivity contribution in [1.29, 1.82) is 0 Å². The number of nitrogens with two attached hydrogens (primary N) is 1. The number of rotatable bonds is 7. The van der Waals surface area contributed by atoms with Gasteiger partial charge < -0.3 is 20.0 Å². The zero-order valence-corrected chi connectivity index (χ0v) is 14.7. The summed E-state index contributed by atoms with van der Waals surface area (Å²) in [6.45, 7) is 2.51. The Bertz CT molecular complexity index is 912. The second kappa shape index (κ2) is 6.92. The van der Waals surface area contributed by atoms with Gasteiger partial charge in [-0.25, -0.2) is 4.98 Å². The number of hydrogen-bond acceptors (Lipinski definition) is 6. The summed E-state index contributed by atoms with van der Waals surface area (Å²) in [5, 5.41) is 7.73. The minimum absolute atomic E-state index is 0.00147. The van der Waals surface area contributed by atoms with Crippen LogP contribution in [0.3, 0.4) is 0 Å². The lowest BCUT2D eigenvalue weighted by Gasteiger charge is -2.12. The molecule has 1 aliphatic carbocycles. The number of pyridine rings is 1. The number of carbonyl (C=O) groups is 1. The third-order valence-corrected chi connectivity index (χ3v) is 4.75. The number of carbonyl (C=O) groups excluding carboxylic acids is 1. The second-order valence-electron chi connectivity index (χ2n) is 6.80. The summed E-state index contributed by atoms with van der Waals surface area (Å²) < 4.78 is 10.8. The van der Waals surface area contributed by atoms with E-state index in [9.17, 15) is 4.79 Å². The average molecular weight is 354 g/mol. The van der Waals surface area contributed by atoms with Crippen LogP contribution >= 0.6 is 0 Å². The van der Waals surface area contributed by atoms with Crippen molar-refractivity contribution in [1.82, 2.24) is 15.5 Å². The van der Waals surface area contributed by atoms with Gasteiger partial charge in [0.2, 0.25) is 0 Å². The minimum Gasteiger partial charge on any atom is -0.463 e. The molecule has 3 aromatic rings. The van der Waals surface area contributed by atoms with Crippen molar-refractivity contribution in [3.63, 3.8) is 0 Å². The lowest BCUT2D eigenvalue weighted by Crippen LogP contribution is -2.38. The lowest BCUT2D eigenvalue weighted by atomic mass is 10.1. The van der Waals surface area contributed by atoms with E-state index in [4.69, 9.17) is 14.7 Å². The first-order chi connectivity index (χ1) is 12.7. The van der Waals surface area contributed by atoms with Crippen LogP contribution in [0.2, 0.25) is 0 Å². The highest BCUT2D eigenvalue weighted by Gasteiger charge is 2.29. The van der Waals surface area contributed by atoms with Crippen molar-refractivity contribution in [3.8, 4) is 11.5 Å². The molecule has 3 N–H and O–H groups in total. The van der Waals surface area contributed by atoms with Crippen LogP contribution < -0.4 is 11.1 Å². The molecule has 1 unspecified atom stereocenters. The van der Waals surface area contributed by atoms with E-state index < -0.39 is 0 Å². The first kappa shape index (κ1) is 16.8. The van der Waals surface area contributed by atoms with Gasteiger partial charge in [-0.15, -0.1) is 0 Å². The van der Waals surface area contributed by atoms with Crippen molar-refractivity contribution in [2.75, 3.05) is 6.54 Å². The van der Waals surface area contributed by atoms with Crippen LogP contribution in [0.5, 0.6) is 0 Å². The predicted molar refractivity (Wildman–Crippen MR) is 96.5 cm³/mol. The molecule has 0 spiro atoms. The Hall–Kier alpha value is -2.67. The topological polar surface area (TPSA) is 107 Å². The van der Waals surface area contributed by atoms with Crippen molar-refractivity contribution in [2.24, 2.45) is 11.7 Å². The van der Waals surface area contributed by atoms with Crippen LogP contribution in [0, 0.1) is 5.92 Å². The molecule has 1 atom stereocenters. The first-order valence-corrected chi connectivity index (χ1v) is 9.04. The molecule has 0 bridgehead atoms. The molecule has 7 nitrogen and oxygen atoms in total. The number of aromatic nitrogens is 2. The number of nitrogens with one attached hydrogen (secondary N) is 1. The molecule has 0 aromatic carbocycles. The van der Waals surface area contributed by atoms with E-state index in [-0.39, 0.29) is 11.9 Å². The molecule has 1 amide bonds. The van der Waals surface area contributed by atoms with Crippen molar-refractivity contribution in [3.05, 3.63) is 35.7 Å². The smallest absolute Gasteiger partial charge is 0.259 e. The summed E-state index contributed by atoms with van der Waals surface area (Å²) in [5.74, 6) is 0.906. The fraction of sp³-hybridized carbons (Fsp3) is 0.421. The second-order valence-corrected chi connectivity index (χ2v) is 6.80. The monoisotopic (exact) mass is 354 g/mol. The summed E-state index contributed by atoms with van der Waals surface area (Å²) in [7, 11) is 0. The number of hydrogen-bond donors (Lipinski definition) is 2. The standard InChI is InChI=1S/C19H22N4O3/c1-2-4-14-17-12(18(24)21-10-13(20)11-6-7-11)9-15(16-5-3-8-25-16)22-19(17)26-23-14/h3,5,8-9,11,13H,2,4,6-7,10,20H2,1H3,(H,21,24). The van der Waals surface area contributed by atoms with Crippen molar-refractivity contribution < 1.29 is 13.7 Å². The van der Waals surface area contributed by atoms with Crippen LogP contribution in [0.4, 0.5) is 0 Å². The largest absolute Gasteiger partial charge is 0.463 e. The molecular weight excluding hydrogens is 332 g/mol. The molecule has 1 aliphatic rings. The van der Waals surface area contributed by atoms with E-state index in [0.29, 0.717) is 40.6 Å². The summed E-state index contributed by atoms with van der Waals surface area (Å²) in [4.78, 5) is 17.4. The summed E-state index contributed by atoms with van der Waals surface area (Å²) in [6.07, 6.45) is 5.47.